The number of hydrogen-bond donors (Lipinski definition) is 2. The van der Waals surface area contributed by atoms with Crippen LogP contribution in [0.1, 0.15) is 5.69 Å². The topological polar surface area (TPSA) is 67.6 Å². The fourth-order valence-corrected chi connectivity index (χ4v) is 0.987. The Balaban J connectivity index is 0.000000720. The van der Waals surface area contributed by atoms with Gasteiger partial charge in [0.2, 0.25) is 0 Å². The summed E-state index contributed by atoms with van der Waals surface area (Å²) in [6.07, 6.45) is 1.69. The summed E-state index contributed by atoms with van der Waals surface area (Å²) in [6, 6.07) is 3.82. The highest BCUT2D eigenvalue weighted by Crippen LogP contribution is 2.07. The molecule has 0 aliphatic rings. The third kappa shape index (κ3) is 1.39. The van der Waals surface area contributed by atoms with E-state index in [9.17, 15) is 0 Å². The van der Waals surface area contributed by atoms with Gasteiger partial charge >= 0.3 is 0 Å². The smallest absolute Gasteiger partial charge is 0.108 e. The number of hydrogen-bond acceptors (Lipinski definition) is 3. The van der Waals surface area contributed by atoms with Crippen LogP contribution in [0.25, 0.3) is 11.0 Å². The molecule has 0 radical (unpaired) electrons. The quantitative estimate of drug-likeness (QED) is 0.690. The number of pyridine rings is 1. The summed E-state index contributed by atoms with van der Waals surface area (Å²) in [6.45, 7) is 0.473. The number of halogens is 1. The van der Waals surface area contributed by atoms with Gasteiger partial charge in [0.1, 0.15) is 5.52 Å². The minimum Gasteiger partial charge on any atom is -0.325 e. The Bertz CT molecular complexity index is 370. The largest absolute Gasteiger partial charge is 0.325 e. The van der Waals surface area contributed by atoms with E-state index >= 15 is 0 Å². The Morgan fingerprint density at radius 1 is 1.42 bits per heavy atom. The van der Waals surface area contributed by atoms with Crippen LogP contribution in [0.15, 0.2) is 18.3 Å². The van der Waals surface area contributed by atoms with Gasteiger partial charge in [-0.1, -0.05) is 0 Å². The number of H-pyrrole nitrogens is 1. The van der Waals surface area contributed by atoms with Crippen LogP contribution in [0.3, 0.4) is 0 Å². The van der Waals surface area contributed by atoms with E-state index in [-0.39, 0.29) is 12.4 Å². The van der Waals surface area contributed by atoms with Crippen LogP contribution in [-0.2, 0) is 6.54 Å². The summed E-state index contributed by atoms with van der Waals surface area (Å²) in [5, 5.41) is 6.67. The van der Waals surface area contributed by atoms with Crippen molar-refractivity contribution in [3.63, 3.8) is 0 Å². The Morgan fingerprint density at radius 3 is 3.00 bits per heavy atom. The van der Waals surface area contributed by atoms with Crippen molar-refractivity contribution in [1.29, 1.82) is 0 Å². The fourth-order valence-electron chi connectivity index (χ4n) is 0.987. The molecule has 0 spiro atoms. The molecule has 2 heterocycles. The van der Waals surface area contributed by atoms with E-state index in [4.69, 9.17) is 5.73 Å². The molecule has 4 nitrogen and oxygen atoms in total. The summed E-state index contributed by atoms with van der Waals surface area (Å²) in [5.41, 5.74) is 8.12. The molecule has 0 unspecified atom stereocenters. The molecule has 64 valence electrons. The first-order chi connectivity index (χ1) is 5.40. The van der Waals surface area contributed by atoms with Gasteiger partial charge in [-0.25, -0.2) is 4.98 Å². The summed E-state index contributed by atoms with van der Waals surface area (Å²) in [5.74, 6) is 0. The van der Waals surface area contributed by atoms with E-state index in [0.717, 1.165) is 16.7 Å². The van der Waals surface area contributed by atoms with Gasteiger partial charge in [0.25, 0.3) is 0 Å². The number of nitrogens with one attached hydrogen (secondary N) is 1. The summed E-state index contributed by atoms with van der Waals surface area (Å²) in [4.78, 5) is 4.23. The highest BCUT2D eigenvalue weighted by atomic mass is 35.5. The number of rotatable bonds is 1. The molecule has 5 heteroatoms. The third-order valence-corrected chi connectivity index (χ3v) is 1.56. The second-order valence-corrected chi connectivity index (χ2v) is 2.31. The van der Waals surface area contributed by atoms with E-state index in [2.05, 4.69) is 15.2 Å². The summed E-state index contributed by atoms with van der Waals surface area (Å²) >= 11 is 0. The summed E-state index contributed by atoms with van der Waals surface area (Å²) in [7, 11) is 0. The van der Waals surface area contributed by atoms with E-state index in [1.807, 2.05) is 12.1 Å². The molecule has 0 saturated heterocycles. The number of fused-ring (bicyclic) bond motifs is 1. The van der Waals surface area contributed by atoms with E-state index in [0.29, 0.717) is 6.54 Å². The van der Waals surface area contributed by atoms with Crippen LogP contribution in [0.5, 0.6) is 0 Å². The Morgan fingerprint density at radius 2 is 2.25 bits per heavy atom. The highest BCUT2D eigenvalue weighted by molar-refractivity contribution is 5.85. The molecule has 2 aromatic rings. The van der Waals surface area contributed by atoms with Gasteiger partial charge in [-0.3, -0.25) is 5.10 Å². The van der Waals surface area contributed by atoms with Gasteiger partial charge in [0.05, 0.1) is 17.4 Å². The first-order valence-electron chi connectivity index (χ1n) is 3.39. The molecular weight excluding hydrogens is 176 g/mol. The molecule has 2 rings (SSSR count). The van der Waals surface area contributed by atoms with Gasteiger partial charge in [-0.05, 0) is 12.1 Å². The molecule has 12 heavy (non-hydrogen) atoms. The van der Waals surface area contributed by atoms with Crippen LogP contribution < -0.4 is 5.73 Å². The number of aromatic amines is 1. The molecule has 0 saturated carbocycles. The molecule has 0 fully saturated rings. The minimum absolute atomic E-state index is 0. The molecule has 0 bridgehead atoms. The van der Waals surface area contributed by atoms with Crippen molar-refractivity contribution < 1.29 is 0 Å². The lowest BCUT2D eigenvalue weighted by atomic mass is 10.3. The molecule has 0 aliphatic heterocycles. The third-order valence-electron chi connectivity index (χ3n) is 1.56. The predicted molar refractivity (Wildman–Crippen MR) is 49.0 cm³/mol. The van der Waals surface area contributed by atoms with Crippen molar-refractivity contribution in [2.45, 2.75) is 6.54 Å². The van der Waals surface area contributed by atoms with Crippen LogP contribution in [0.2, 0.25) is 0 Å². The zero-order valence-electron chi connectivity index (χ0n) is 6.32. The highest BCUT2D eigenvalue weighted by Gasteiger charge is 1.96. The second-order valence-electron chi connectivity index (χ2n) is 2.31. The van der Waals surface area contributed by atoms with Gasteiger partial charge in [-0.15, -0.1) is 12.4 Å². The summed E-state index contributed by atoms with van der Waals surface area (Å²) < 4.78 is 0. The normalized spacial score (nSPS) is 9.75. The fraction of sp³-hybridized carbons (Fsp3) is 0.143. The van der Waals surface area contributed by atoms with Crippen LogP contribution >= 0.6 is 12.4 Å². The lowest BCUT2D eigenvalue weighted by molar-refractivity contribution is 1.01. The monoisotopic (exact) mass is 184 g/mol. The maximum absolute atomic E-state index is 5.42. The van der Waals surface area contributed by atoms with Gasteiger partial charge in [0.15, 0.2) is 0 Å². The Hall–Kier alpha value is -1.13. The zero-order chi connectivity index (χ0) is 7.68. The maximum Gasteiger partial charge on any atom is 0.108 e. The lowest BCUT2D eigenvalue weighted by Gasteiger charge is -1.93. The van der Waals surface area contributed by atoms with Crippen LogP contribution in [0, 0.1) is 0 Å². The molecule has 3 N–H and O–H groups in total. The van der Waals surface area contributed by atoms with E-state index in [1.54, 1.807) is 6.20 Å². The lowest BCUT2D eigenvalue weighted by Crippen LogP contribution is -1.98. The number of nitrogens with two attached hydrogens (primary N) is 1. The maximum atomic E-state index is 5.42. The molecule has 0 atom stereocenters. The minimum atomic E-state index is 0. The number of nitrogens with zero attached hydrogens (tertiary/aromatic N) is 2. The van der Waals surface area contributed by atoms with Crippen LogP contribution in [0.4, 0.5) is 0 Å². The molecule has 2 aromatic heterocycles. The molecule has 0 amide bonds. The van der Waals surface area contributed by atoms with Gasteiger partial charge in [-0.2, -0.15) is 5.10 Å². The van der Waals surface area contributed by atoms with Crippen molar-refractivity contribution in [3.05, 3.63) is 24.0 Å². The standard InChI is InChI=1S/C7H8N4.ClH/c8-3-5-1-2-6-7(10-5)4-9-11-6;/h1-2,4H,3,8H2,(H,9,11);1H. The zero-order valence-corrected chi connectivity index (χ0v) is 7.14. The van der Waals surface area contributed by atoms with Crippen molar-refractivity contribution in [2.75, 3.05) is 0 Å². The van der Waals surface area contributed by atoms with Gasteiger partial charge < -0.3 is 5.73 Å². The molecule has 0 aliphatic carbocycles. The predicted octanol–water partition coefficient (Wildman–Crippen LogP) is 0.838. The number of aromatic nitrogens is 3. The van der Waals surface area contributed by atoms with E-state index < -0.39 is 0 Å². The average molecular weight is 185 g/mol. The van der Waals surface area contributed by atoms with Crippen molar-refractivity contribution in [1.82, 2.24) is 15.2 Å². The average Bonchev–Trinajstić information content (AvgIpc) is 2.50. The first kappa shape index (κ1) is 8.96. The molecule has 0 aromatic carbocycles. The van der Waals surface area contributed by atoms with Crippen molar-refractivity contribution in [2.24, 2.45) is 5.73 Å². The van der Waals surface area contributed by atoms with Crippen LogP contribution in [-0.4, -0.2) is 15.2 Å². The Kier molecular flexibility index (Phi) is 2.62. The van der Waals surface area contributed by atoms with Gasteiger partial charge in [0, 0.05) is 6.54 Å². The second kappa shape index (κ2) is 3.51. The van der Waals surface area contributed by atoms with Crippen molar-refractivity contribution in [3.8, 4) is 0 Å². The SMILES string of the molecule is Cl.NCc1ccc2[nH]ncc2n1. The molecular formula is C7H9ClN4. The Labute approximate surface area is 75.6 Å². The first-order valence-corrected chi connectivity index (χ1v) is 3.39. The van der Waals surface area contributed by atoms with E-state index in [1.165, 1.54) is 0 Å². The van der Waals surface area contributed by atoms with Crippen molar-refractivity contribution >= 4 is 23.4 Å².